The molecule has 0 radical (unpaired) electrons. The second kappa shape index (κ2) is 10.3. The van der Waals surface area contributed by atoms with Crippen molar-refractivity contribution in [3.63, 3.8) is 0 Å². The zero-order valence-corrected chi connectivity index (χ0v) is 20.1. The lowest BCUT2D eigenvalue weighted by atomic mass is 9.77. The molecule has 4 atom stereocenters. The molecule has 0 saturated carbocycles. The minimum Gasteiger partial charge on any atom is -0.481 e. The fourth-order valence-corrected chi connectivity index (χ4v) is 4.93. The van der Waals surface area contributed by atoms with Crippen molar-refractivity contribution >= 4 is 34.5 Å². The van der Waals surface area contributed by atoms with E-state index in [0.717, 1.165) is 15.7 Å². The van der Waals surface area contributed by atoms with Crippen molar-refractivity contribution in [1.82, 2.24) is 10.2 Å². The first-order chi connectivity index (χ1) is 17.2. The standard InChI is InChI=1S/C27H29N3O6/c1-3-7-19(24(31)29-14-18-10-6-11-36-18)22(27(34)35)15(2)23(28)30-25(32)20-12-16-8-4-5-9-17(16)13-21(20)26(30)33/h4-6,8-13,15,19,22-23H,3,7,14,28H2,1-2H3,(H,29,31)(H,34,35)/t15?,19-,22+,23?/m0/s1. The van der Waals surface area contributed by atoms with Crippen LogP contribution in [-0.4, -0.2) is 39.9 Å². The van der Waals surface area contributed by atoms with Crippen molar-refractivity contribution in [2.75, 3.05) is 0 Å². The van der Waals surface area contributed by atoms with Crippen molar-refractivity contribution in [1.29, 1.82) is 0 Å². The Kier molecular flexibility index (Phi) is 7.21. The van der Waals surface area contributed by atoms with Crippen LogP contribution in [0, 0.1) is 17.8 Å². The molecule has 1 aliphatic rings. The van der Waals surface area contributed by atoms with Gasteiger partial charge in [0.1, 0.15) is 5.76 Å². The van der Waals surface area contributed by atoms with Gasteiger partial charge < -0.3 is 20.6 Å². The Labute approximate surface area is 208 Å². The molecular formula is C27H29N3O6. The lowest BCUT2D eigenvalue weighted by molar-refractivity contribution is -0.151. The van der Waals surface area contributed by atoms with E-state index in [1.54, 1.807) is 31.2 Å². The van der Waals surface area contributed by atoms with Crippen LogP contribution in [0.15, 0.2) is 59.2 Å². The molecule has 36 heavy (non-hydrogen) atoms. The Morgan fingerprint density at radius 3 is 2.17 bits per heavy atom. The van der Waals surface area contributed by atoms with E-state index in [9.17, 15) is 24.3 Å². The maximum Gasteiger partial charge on any atom is 0.307 e. The molecule has 2 heterocycles. The van der Waals surface area contributed by atoms with Gasteiger partial charge in [-0.3, -0.25) is 24.1 Å². The Bertz CT molecular complexity index is 1250. The van der Waals surface area contributed by atoms with Crippen LogP contribution in [0.4, 0.5) is 0 Å². The predicted octanol–water partition coefficient (Wildman–Crippen LogP) is 3.38. The normalized spacial score (nSPS) is 16.5. The van der Waals surface area contributed by atoms with Gasteiger partial charge in [0, 0.05) is 5.92 Å². The number of rotatable bonds is 10. The van der Waals surface area contributed by atoms with Gasteiger partial charge in [0.25, 0.3) is 11.8 Å². The van der Waals surface area contributed by atoms with Crippen molar-refractivity contribution < 1.29 is 28.7 Å². The molecule has 3 amide bonds. The highest BCUT2D eigenvalue weighted by atomic mass is 16.4. The number of carbonyl (C=O) groups excluding carboxylic acids is 3. The second-order valence-electron chi connectivity index (χ2n) is 9.13. The largest absolute Gasteiger partial charge is 0.481 e. The number of carbonyl (C=O) groups is 4. The summed E-state index contributed by atoms with van der Waals surface area (Å²) in [6, 6.07) is 14.1. The smallest absolute Gasteiger partial charge is 0.307 e. The molecule has 2 aromatic carbocycles. The lowest BCUT2D eigenvalue weighted by Gasteiger charge is -2.34. The zero-order chi connectivity index (χ0) is 26.0. The molecule has 0 aliphatic carbocycles. The minimum absolute atomic E-state index is 0.116. The first kappa shape index (κ1) is 25.1. The average molecular weight is 492 g/mol. The number of hydrogen-bond donors (Lipinski definition) is 3. The SMILES string of the molecule is CCC[C@H](C(=O)NCc1ccco1)[C@H](C(=O)O)C(C)C(N)N1C(=O)c2cc3ccccc3cc2C1=O. The number of aliphatic carboxylic acids is 1. The number of carboxylic acid groups (broad SMARTS) is 1. The van der Waals surface area contributed by atoms with E-state index in [1.165, 1.54) is 6.26 Å². The molecule has 2 unspecified atom stereocenters. The molecule has 0 bridgehead atoms. The van der Waals surface area contributed by atoms with Crippen molar-refractivity contribution in [2.45, 2.75) is 39.4 Å². The molecule has 9 nitrogen and oxygen atoms in total. The molecule has 1 aliphatic heterocycles. The van der Waals surface area contributed by atoms with Gasteiger partial charge in [-0.05, 0) is 41.5 Å². The Morgan fingerprint density at radius 2 is 1.67 bits per heavy atom. The van der Waals surface area contributed by atoms with Crippen molar-refractivity contribution in [3.8, 4) is 0 Å². The Hall–Kier alpha value is -3.98. The summed E-state index contributed by atoms with van der Waals surface area (Å²) in [5.41, 5.74) is 6.87. The third-order valence-corrected chi connectivity index (χ3v) is 6.86. The molecular weight excluding hydrogens is 462 g/mol. The summed E-state index contributed by atoms with van der Waals surface area (Å²) in [5, 5.41) is 14.5. The molecule has 188 valence electrons. The van der Waals surface area contributed by atoms with E-state index in [2.05, 4.69) is 5.32 Å². The van der Waals surface area contributed by atoms with Crippen LogP contribution in [0.2, 0.25) is 0 Å². The van der Waals surface area contributed by atoms with Gasteiger partial charge in [-0.25, -0.2) is 0 Å². The van der Waals surface area contributed by atoms with E-state index in [4.69, 9.17) is 10.2 Å². The third kappa shape index (κ3) is 4.61. The maximum atomic E-state index is 13.2. The number of benzene rings is 2. The number of nitrogens with zero attached hydrogens (tertiary/aromatic N) is 1. The summed E-state index contributed by atoms with van der Waals surface area (Å²) in [6.45, 7) is 3.53. The fraction of sp³-hybridized carbons (Fsp3) is 0.333. The van der Waals surface area contributed by atoms with E-state index in [0.29, 0.717) is 18.6 Å². The first-order valence-electron chi connectivity index (χ1n) is 11.9. The number of imide groups is 1. The number of amides is 3. The van der Waals surface area contributed by atoms with Crippen LogP contribution in [0.5, 0.6) is 0 Å². The lowest BCUT2D eigenvalue weighted by Crippen LogP contribution is -2.54. The van der Waals surface area contributed by atoms with Gasteiger partial charge in [0.2, 0.25) is 5.91 Å². The summed E-state index contributed by atoms with van der Waals surface area (Å²) < 4.78 is 5.23. The number of carboxylic acids is 1. The number of furan rings is 1. The number of hydrogen-bond acceptors (Lipinski definition) is 6. The number of fused-ring (bicyclic) bond motifs is 2. The topological polar surface area (TPSA) is 143 Å². The summed E-state index contributed by atoms with van der Waals surface area (Å²) in [5.74, 6) is -5.31. The molecule has 1 aromatic heterocycles. The summed E-state index contributed by atoms with van der Waals surface area (Å²) in [4.78, 5) is 52.9. The quantitative estimate of drug-likeness (QED) is 0.369. The molecule has 3 aromatic rings. The van der Waals surface area contributed by atoms with Crippen LogP contribution in [0.1, 0.15) is 53.2 Å². The molecule has 0 fully saturated rings. The number of nitrogens with one attached hydrogen (secondary N) is 1. The average Bonchev–Trinajstić information content (AvgIpc) is 3.47. The van der Waals surface area contributed by atoms with E-state index < -0.39 is 47.6 Å². The Morgan fingerprint density at radius 1 is 1.06 bits per heavy atom. The van der Waals surface area contributed by atoms with Gasteiger partial charge in [0.05, 0.1) is 41.9 Å². The highest BCUT2D eigenvalue weighted by Crippen LogP contribution is 2.34. The molecule has 9 heteroatoms. The van der Waals surface area contributed by atoms with Gasteiger partial charge in [-0.15, -0.1) is 0 Å². The van der Waals surface area contributed by atoms with E-state index >= 15 is 0 Å². The molecule has 4 rings (SSSR count). The fourth-order valence-electron chi connectivity index (χ4n) is 4.93. The summed E-state index contributed by atoms with van der Waals surface area (Å²) >= 11 is 0. The van der Waals surface area contributed by atoms with Crippen LogP contribution in [0.3, 0.4) is 0 Å². The third-order valence-electron chi connectivity index (χ3n) is 6.86. The monoisotopic (exact) mass is 491 g/mol. The summed E-state index contributed by atoms with van der Waals surface area (Å²) in [7, 11) is 0. The van der Waals surface area contributed by atoms with Gasteiger partial charge >= 0.3 is 5.97 Å². The second-order valence-corrected chi connectivity index (χ2v) is 9.13. The van der Waals surface area contributed by atoms with E-state index in [-0.39, 0.29) is 17.7 Å². The van der Waals surface area contributed by atoms with Gasteiger partial charge in [0.15, 0.2) is 0 Å². The Balaban J connectivity index is 1.59. The van der Waals surface area contributed by atoms with Crippen molar-refractivity contribution in [3.05, 3.63) is 71.7 Å². The minimum atomic E-state index is -1.24. The highest BCUT2D eigenvalue weighted by molar-refractivity contribution is 6.23. The zero-order valence-electron chi connectivity index (χ0n) is 20.1. The van der Waals surface area contributed by atoms with Crippen LogP contribution >= 0.6 is 0 Å². The van der Waals surface area contributed by atoms with Gasteiger partial charge in [-0.1, -0.05) is 44.5 Å². The maximum absolute atomic E-state index is 13.2. The van der Waals surface area contributed by atoms with E-state index in [1.807, 2.05) is 31.2 Å². The highest BCUT2D eigenvalue weighted by Gasteiger charge is 2.46. The van der Waals surface area contributed by atoms with Crippen LogP contribution in [-0.2, 0) is 16.1 Å². The summed E-state index contributed by atoms with van der Waals surface area (Å²) in [6.07, 6.45) is 1.10. The first-order valence-corrected chi connectivity index (χ1v) is 11.9. The molecule has 4 N–H and O–H groups in total. The number of nitrogens with two attached hydrogens (primary N) is 1. The van der Waals surface area contributed by atoms with Crippen molar-refractivity contribution in [2.24, 2.45) is 23.5 Å². The predicted molar refractivity (Wildman–Crippen MR) is 132 cm³/mol. The van der Waals surface area contributed by atoms with Crippen LogP contribution in [0.25, 0.3) is 10.8 Å². The molecule has 0 spiro atoms. The van der Waals surface area contributed by atoms with Gasteiger partial charge in [-0.2, -0.15) is 0 Å². The van der Waals surface area contributed by atoms with Crippen LogP contribution < -0.4 is 11.1 Å². The molecule has 0 saturated heterocycles.